The van der Waals surface area contributed by atoms with Crippen LogP contribution in [0.1, 0.15) is 80.9 Å². The van der Waals surface area contributed by atoms with E-state index < -0.39 is 17.7 Å². The Labute approximate surface area is 161 Å². The number of carboxylic acid groups (broad SMARTS) is 1. The van der Waals surface area contributed by atoms with Gasteiger partial charge in [-0.25, -0.2) is 4.79 Å². The first-order chi connectivity index (χ1) is 11.9. The zero-order valence-corrected chi connectivity index (χ0v) is 17.8. The summed E-state index contributed by atoms with van der Waals surface area (Å²) in [5.74, 6) is -0.927. The van der Waals surface area contributed by atoms with E-state index >= 15 is 0 Å². The van der Waals surface area contributed by atoms with Crippen molar-refractivity contribution in [3.05, 3.63) is 39.6 Å². The summed E-state index contributed by atoms with van der Waals surface area (Å²) in [6.45, 7) is 16.2. The van der Waals surface area contributed by atoms with Crippen LogP contribution in [0, 0.1) is 12.3 Å². The molecule has 2 rings (SSSR count). The van der Waals surface area contributed by atoms with E-state index in [0.29, 0.717) is 5.41 Å². The summed E-state index contributed by atoms with van der Waals surface area (Å²) in [7, 11) is 0. The minimum absolute atomic E-state index is 0.307. The maximum Gasteiger partial charge on any atom is 0.337 e. The highest BCUT2D eigenvalue weighted by Gasteiger charge is 2.34. The quantitative estimate of drug-likeness (QED) is 0.591. The molecule has 0 amide bonds. The van der Waals surface area contributed by atoms with E-state index in [0.717, 1.165) is 41.7 Å². The molecule has 0 fully saturated rings. The Morgan fingerprint density at radius 3 is 2.58 bits per heavy atom. The molecule has 0 aromatic carbocycles. The minimum Gasteiger partial charge on any atom is -0.479 e. The van der Waals surface area contributed by atoms with Gasteiger partial charge in [0.25, 0.3) is 0 Å². The number of rotatable bonds is 6. The summed E-state index contributed by atoms with van der Waals surface area (Å²) in [5.41, 5.74) is 2.97. The van der Waals surface area contributed by atoms with Gasteiger partial charge in [0.15, 0.2) is 6.10 Å². The molecule has 26 heavy (non-hydrogen) atoms. The first kappa shape index (κ1) is 20.9. The average molecular weight is 377 g/mol. The molecule has 1 aliphatic carbocycles. The lowest BCUT2D eigenvalue weighted by atomic mass is 9.76. The first-order valence-electron chi connectivity index (χ1n) is 9.28. The van der Waals surface area contributed by atoms with Crippen LogP contribution in [0.3, 0.4) is 0 Å². The molecule has 0 spiro atoms. The number of hydrogen-bond donors (Lipinski definition) is 1. The number of aliphatic carboxylic acids is 1. The largest absolute Gasteiger partial charge is 0.479 e. The number of ether oxygens (including phenoxy) is 1. The summed E-state index contributed by atoms with van der Waals surface area (Å²) in [6, 6.07) is 0. The van der Waals surface area contributed by atoms with Gasteiger partial charge < -0.3 is 9.84 Å². The van der Waals surface area contributed by atoms with Gasteiger partial charge in [-0.15, -0.1) is 17.9 Å². The number of allylic oxidation sites excluding steroid dienone is 3. The van der Waals surface area contributed by atoms with E-state index in [1.165, 1.54) is 10.5 Å². The third-order valence-corrected chi connectivity index (χ3v) is 5.93. The molecule has 0 bridgehead atoms. The molecular weight excluding hydrogens is 344 g/mol. The van der Waals surface area contributed by atoms with Gasteiger partial charge in [-0.05, 0) is 63.5 Å². The number of thiophene rings is 1. The van der Waals surface area contributed by atoms with E-state index in [9.17, 15) is 9.90 Å². The Kier molecular flexibility index (Phi) is 6.19. The molecule has 1 heterocycles. The lowest BCUT2D eigenvalue weighted by Crippen LogP contribution is -2.28. The average Bonchev–Trinajstić information content (AvgIpc) is 2.80. The number of carboxylic acids is 1. The van der Waals surface area contributed by atoms with Gasteiger partial charge in [0.1, 0.15) is 0 Å². The molecule has 1 N–H and O–H groups in total. The molecule has 3 nitrogen and oxygen atoms in total. The topological polar surface area (TPSA) is 46.5 Å². The fourth-order valence-corrected chi connectivity index (χ4v) is 4.68. The molecule has 1 unspecified atom stereocenters. The van der Waals surface area contributed by atoms with Crippen LogP contribution in [0.4, 0.5) is 0 Å². The van der Waals surface area contributed by atoms with E-state index in [1.54, 1.807) is 11.3 Å². The highest BCUT2D eigenvalue weighted by molar-refractivity contribution is 7.12. The van der Waals surface area contributed by atoms with Crippen LogP contribution in [-0.4, -0.2) is 16.7 Å². The second-order valence-corrected chi connectivity index (χ2v) is 10.2. The third-order valence-electron chi connectivity index (χ3n) is 4.78. The zero-order valence-electron chi connectivity index (χ0n) is 16.9. The molecule has 1 aromatic rings. The maximum absolute atomic E-state index is 12.1. The maximum atomic E-state index is 12.1. The van der Waals surface area contributed by atoms with Crippen LogP contribution in [0.5, 0.6) is 0 Å². The molecule has 144 valence electrons. The smallest absolute Gasteiger partial charge is 0.337 e. The molecule has 4 heteroatoms. The fourth-order valence-electron chi connectivity index (χ4n) is 3.45. The van der Waals surface area contributed by atoms with Gasteiger partial charge >= 0.3 is 5.97 Å². The predicted molar refractivity (Wildman–Crippen MR) is 110 cm³/mol. The summed E-state index contributed by atoms with van der Waals surface area (Å²) < 4.78 is 5.98. The monoisotopic (exact) mass is 376 g/mol. The Balaban J connectivity index is 2.60. The highest BCUT2D eigenvalue weighted by Crippen LogP contribution is 2.45. The Morgan fingerprint density at radius 2 is 2.12 bits per heavy atom. The summed E-state index contributed by atoms with van der Waals surface area (Å²) in [6.07, 6.45) is 7.10. The van der Waals surface area contributed by atoms with Crippen molar-refractivity contribution in [3.63, 3.8) is 0 Å². The van der Waals surface area contributed by atoms with Crippen molar-refractivity contribution in [3.8, 4) is 0 Å². The van der Waals surface area contributed by atoms with Crippen LogP contribution in [0.25, 0.3) is 5.57 Å². The van der Waals surface area contributed by atoms with Crippen molar-refractivity contribution >= 4 is 22.9 Å². The van der Waals surface area contributed by atoms with Crippen LogP contribution in [-0.2, 0) is 16.0 Å². The first-order valence-corrected chi connectivity index (χ1v) is 10.1. The van der Waals surface area contributed by atoms with Crippen LogP contribution < -0.4 is 0 Å². The second-order valence-electron chi connectivity index (χ2n) is 8.91. The summed E-state index contributed by atoms with van der Waals surface area (Å²) in [5, 5.41) is 9.90. The van der Waals surface area contributed by atoms with Crippen molar-refractivity contribution in [2.75, 3.05) is 0 Å². The number of carbonyl (C=O) groups is 1. The van der Waals surface area contributed by atoms with Crippen molar-refractivity contribution in [1.29, 1.82) is 0 Å². The second kappa shape index (κ2) is 7.69. The van der Waals surface area contributed by atoms with Gasteiger partial charge in [-0.1, -0.05) is 26.0 Å². The third kappa shape index (κ3) is 4.86. The molecule has 0 saturated heterocycles. The molecule has 1 aromatic heterocycles. The molecular formula is C22H32O3S. The molecule has 1 atom stereocenters. The lowest BCUT2D eigenvalue weighted by molar-refractivity contribution is -0.160. The number of aryl methyl sites for hydroxylation is 1. The van der Waals surface area contributed by atoms with Gasteiger partial charge in [-0.2, -0.15) is 0 Å². The van der Waals surface area contributed by atoms with Gasteiger partial charge in [-0.3, -0.25) is 0 Å². The van der Waals surface area contributed by atoms with Gasteiger partial charge in [0.2, 0.25) is 0 Å². The van der Waals surface area contributed by atoms with Crippen LogP contribution >= 0.6 is 11.3 Å². The molecule has 0 aliphatic heterocycles. The predicted octanol–water partition coefficient (Wildman–Crippen LogP) is 6.32. The minimum atomic E-state index is -0.948. The van der Waals surface area contributed by atoms with Crippen molar-refractivity contribution in [2.24, 2.45) is 5.41 Å². The molecule has 1 aliphatic rings. The van der Waals surface area contributed by atoms with Crippen LogP contribution in [0.15, 0.2) is 18.7 Å². The Bertz CT molecular complexity index is 716. The van der Waals surface area contributed by atoms with Crippen molar-refractivity contribution < 1.29 is 14.6 Å². The SMILES string of the molecule is C=CCc1sc(C)c(C(OC(C)(C)C)C(=O)O)c1C1=CCC(C)(C)CC1. The zero-order chi connectivity index (χ0) is 19.7. The van der Waals surface area contributed by atoms with Crippen molar-refractivity contribution in [2.45, 2.75) is 78.9 Å². The van der Waals surface area contributed by atoms with Crippen molar-refractivity contribution in [1.82, 2.24) is 0 Å². The van der Waals surface area contributed by atoms with Crippen LogP contribution in [0.2, 0.25) is 0 Å². The highest BCUT2D eigenvalue weighted by atomic mass is 32.1. The summed E-state index contributed by atoms with van der Waals surface area (Å²) in [4.78, 5) is 14.3. The summed E-state index contributed by atoms with van der Waals surface area (Å²) >= 11 is 1.68. The van der Waals surface area contributed by atoms with E-state index in [4.69, 9.17) is 4.74 Å². The van der Waals surface area contributed by atoms with E-state index in [2.05, 4.69) is 26.5 Å². The molecule has 0 saturated carbocycles. The van der Waals surface area contributed by atoms with E-state index in [1.807, 2.05) is 33.8 Å². The molecule has 0 radical (unpaired) electrons. The lowest BCUT2D eigenvalue weighted by Gasteiger charge is -2.30. The normalized spacial score (nSPS) is 18.3. The number of hydrogen-bond acceptors (Lipinski definition) is 3. The standard InChI is InChI=1S/C22H32O3S/c1-8-9-16-18(15-10-12-22(6,7)13-11-15)17(14(2)26-16)19(20(23)24)25-21(3,4)5/h8,10,19H,1,9,11-13H2,2-7H3,(H,23,24). The van der Waals surface area contributed by atoms with Gasteiger partial charge in [0, 0.05) is 21.7 Å². The van der Waals surface area contributed by atoms with E-state index in [-0.39, 0.29) is 0 Å². The fraction of sp³-hybridized carbons (Fsp3) is 0.591. The Hall–Kier alpha value is -1.39. The Morgan fingerprint density at radius 1 is 1.46 bits per heavy atom. The van der Waals surface area contributed by atoms with Gasteiger partial charge in [0.05, 0.1) is 5.60 Å².